The maximum Gasteiger partial charge on any atom is 0.141 e. The van der Waals surface area contributed by atoms with Gasteiger partial charge in [-0.2, -0.15) is 5.10 Å². The maximum absolute atomic E-state index is 4.23. The number of aromatic amines is 1. The van der Waals surface area contributed by atoms with Crippen molar-refractivity contribution in [1.29, 1.82) is 0 Å². The molecule has 2 N–H and O–H groups in total. The van der Waals surface area contributed by atoms with Crippen LogP contribution in [0.25, 0.3) is 0 Å². The van der Waals surface area contributed by atoms with E-state index in [9.17, 15) is 0 Å². The molecule has 100 valence electrons. The van der Waals surface area contributed by atoms with Gasteiger partial charge in [0.1, 0.15) is 12.2 Å². The summed E-state index contributed by atoms with van der Waals surface area (Å²) in [6.45, 7) is 6.76. The van der Waals surface area contributed by atoms with Crippen LogP contribution in [0.4, 0.5) is 0 Å². The molecule has 0 bridgehead atoms. The Morgan fingerprint density at radius 1 is 1.37 bits per heavy atom. The largest absolute Gasteiger partial charge is 0.300 e. The molecule has 0 spiro atoms. The lowest BCUT2D eigenvalue weighted by Gasteiger charge is -2.30. The molecule has 19 heavy (non-hydrogen) atoms. The molecule has 1 aliphatic carbocycles. The van der Waals surface area contributed by atoms with Crippen molar-refractivity contribution in [3.8, 4) is 0 Å². The lowest BCUT2D eigenvalue weighted by atomic mass is 9.85. The molecule has 1 heterocycles. The summed E-state index contributed by atoms with van der Waals surface area (Å²) in [7, 11) is 0. The zero-order valence-corrected chi connectivity index (χ0v) is 11.6. The van der Waals surface area contributed by atoms with E-state index in [0.29, 0.717) is 6.04 Å². The number of hydrogen-bond acceptors (Lipinski definition) is 3. The molecule has 1 aromatic carbocycles. The Morgan fingerprint density at radius 2 is 2.16 bits per heavy atom. The second-order valence-corrected chi connectivity index (χ2v) is 6.06. The Bertz CT molecular complexity index is 559. The molecule has 1 aromatic heterocycles. The van der Waals surface area contributed by atoms with Crippen molar-refractivity contribution >= 4 is 0 Å². The predicted molar refractivity (Wildman–Crippen MR) is 74.6 cm³/mol. The van der Waals surface area contributed by atoms with Gasteiger partial charge in [-0.15, -0.1) is 0 Å². The summed E-state index contributed by atoms with van der Waals surface area (Å²) in [5, 5.41) is 10.6. The number of rotatable bonds is 3. The third-order valence-corrected chi connectivity index (χ3v) is 4.05. The third kappa shape index (κ3) is 2.16. The fraction of sp³-hybridized carbons (Fsp3) is 0.467. The lowest BCUT2D eigenvalue weighted by Crippen LogP contribution is -2.33. The van der Waals surface area contributed by atoms with Crippen LogP contribution in [0.15, 0.2) is 30.6 Å². The lowest BCUT2D eigenvalue weighted by molar-refractivity contribution is 0.250. The van der Waals surface area contributed by atoms with Crippen molar-refractivity contribution < 1.29 is 0 Å². The van der Waals surface area contributed by atoms with E-state index in [1.165, 1.54) is 11.1 Å². The number of hydrogen-bond donors (Lipinski definition) is 2. The summed E-state index contributed by atoms with van der Waals surface area (Å²) in [4.78, 5) is 4.23. The SMILES string of the molecule is CC(NC1c2ccccc2CC1(C)C)c1ncn[nH]1. The minimum atomic E-state index is 0.165. The van der Waals surface area contributed by atoms with Gasteiger partial charge in [-0.1, -0.05) is 38.1 Å². The highest BCUT2D eigenvalue weighted by Gasteiger charge is 2.39. The van der Waals surface area contributed by atoms with Crippen molar-refractivity contribution in [3.63, 3.8) is 0 Å². The van der Waals surface area contributed by atoms with Gasteiger partial charge in [0.2, 0.25) is 0 Å². The average molecular weight is 256 g/mol. The molecule has 2 unspecified atom stereocenters. The van der Waals surface area contributed by atoms with Gasteiger partial charge < -0.3 is 5.32 Å². The van der Waals surface area contributed by atoms with E-state index in [2.05, 4.69) is 65.5 Å². The smallest absolute Gasteiger partial charge is 0.141 e. The Labute approximate surface area is 113 Å². The van der Waals surface area contributed by atoms with E-state index < -0.39 is 0 Å². The van der Waals surface area contributed by atoms with Gasteiger partial charge in [-0.3, -0.25) is 5.10 Å². The van der Waals surface area contributed by atoms with Gasteiger partial charge >= 0.3 is 0 Å². The average Bonchev–Trinajstić information content (AvgIpc) is 2.96. The summed E-state index contributed by atoms with van der Waals surface area (Å²) in [6.07, 6.45) is 2.67. The van der Waals surface area contributed by atoms with Gasteiger partial charge in [0.25, 0.3) is 0 Å². The van der Waals surface area contributed by atoms with Crippen LogP contribution in [-0.2, 0) is 6.42 Å². The monoisotopic (exact) mass is 256 g/mol. The highest BCUT2D eigenvalue weighted by Crippen LogP contribution is 2.45. The molecule has 2 atom stereocenters. The molecule has 3 rings (SSSR count). The third-order valence-electron chi connectivity index (χ3n) is 4.05. The quantitative estimate of drug-likeness (QED) is 0.888. The van der Waals surface area contributed by atoms with Gasteiger partial charge in [0.15, 0.2) is 0 Å². The number of nitrogens with one attached hydrogen (secondary N) is 2. The van der Waals surface area contributed by atoms with Crippen LogP contribution in [0, 0.1) is 5.41 Å². The Balaban J connectivity index is 1.87. The van der Waals surface area contributed by atoms with E-state index >= 15 is 0 Å². The van der Waals surface area contributed by atoms with Gasteiger partial charge in [0, 0.05) is 6.04 Å². The van der Waals surface area contributed by atoms with Crippen molar-refractivity contribution in [1.82, 2.24) is 20.5 Å². The van der Waals surface area contributed by atoms with E-state index in [1.807, 2.05) is 0 Å². The second-order valence-electron chi connectivity index (χ2n) is 6.06. The van der Waals surface area contributed by atoms with Crippen LogP contribution in [-0.4, -0.2) is 15.2 Å². The Kier molecular flexibility index (Phi) is 2.90. The van der Waals surface area contributed by atoms with E-state index in [-0.39, 0.29) is 11.5 Å². The molecule has 2 aromatic rings. The van der Waals surface area contributed by atoms with E-state index in [4.69, 9.17) is 0 Å². The molecule has 0 aliphatic heterocycles. The van der Waals surface area contributed by atoms with Crippen LogP contribution >= 0.6 is 0 Å². The standard InChI is InChI=1S/C15H20N4/c1-10(14-16-9-17-19-14)18-13-12-7-5-4-6-11(12)8-15(13,2)3/h4-7,9-10,13,18H,8H2,1-3H3,(H,16,17,19). The van der Waals surface area contributed by atoms with Gasteiger partial charge in [0.05, 0.1) is 6.04 Å². The molecule has 4 heteroatoms. The molecular weight excluding hydrogens is 236 g/mol. The molecule has 0 amide bonds. The van der Waals surface area contributed by atoms with E-state index in [1.54, 1.807) is 6.33 Å². The minimum absolute atomic E-state index is 0.165. The van der Waals surface area contributed by atoms with Crippen molar-refractivity contribution in [2.75, 3.05) is 0 Å². The van der Waals surface area contributed by atoms with Crippen LogP contribution in [0.3, 0.4) is 0 Å². The van der Waals surface area contributed by atoms with Gasteiger partial charge in [-0.25, -0.2) is 4.98 Å². The zero-order chi connectivity index (χ0) is 13.5. The highest BCUT2D eigenvalue weighted by molar-refractivity contribution is 5.37. The number of nitrogens with zero attached hydrogens (tertiary/aromatic N) is 2. The van der Waals surface area contributed by atoms with E-state index in [0.717, 1.165) is 12.2 Å². The molecule has 0 radical (unpaired) electrons. The topological polar surface area (TPSA) is 53.6 Å². The maximum atomic E-state index is 4.23. The first-order valence-electron chi connectivity index (χ1n) is 6.77. The Hall–Kier alpha value is -1.68. The Morgan fingerprint density at radius 3 is 2.89 bits per heavy atom. The minimum Gasteiger partial charge on any atom is -0.300 e. The molecular formula is C15H20N4. The fourth-order valence-electron chi connectivity index (χ4n) is 3.06. The second kappa shape index (κ2) is 4.46. The summed E-state index contributed by atoms with van der Waals surface area (Å²) in [5.74, 6) is 0.889. The highest BCUT2D eigenvalue weighted by atomic mass is 15.2. The van der Waals surface area contributed by atoms with Crippen LogP contribution < -0.4 is 5.32 Å². The molecule has 0 fully saturated rings. The predicted octanol–water partition coefficient (Wildman–Crippen LogP) is 2.78. The fourth-order valence-corrected chi connectivity index (χ4v) is 3.06. The zero-order valence-electron chi connectivity index (χ0n) is 11.6. The van der Waals surface area contributed by atoms with Crippen molar-refractivity contribution in [2.45, 2.75) is 39.3 Å². The summed E-state index contributed by atoms with van der Waals surface area (Å²) in [6, 6.07) is 9.22. The van der Waals surface area contributed by atoms with Crippen LogP contribution in [0.2, 0.25) is 0 Å². The first kappa shape index (κ1) is 12.4. The van der Waals surface area contributed by atoms with Crippen LogP contribution in [0.5, 0.6) is 0 Å². The molecule has 0 saturated heterocycles. The normalized spacial score (nSPS) is 22.2. The summed E-state index contributed by atoms with van der Waals surface area (Å²) < 4.78 is 0. The van der Waals surface area contributed by atoms with Gasteiger partial charge in [-0.05, 0) is 29.9 Å². The van der Waals surface area contributed by atoms with Crippen LogP contribution in [0.1, 0.15) is 49.8 Å². The number of aromatic nitrogens is 3. The molecule has 1 aliphatic rings. The first-order chi connectivity index (χ1) is 9.08. The van der Waals surface area contributed by atoms with Crippen molar-refractivity contribution in [2.24, 2.45) is 5.41 Å². The number of H-pyrrole nitrogens is 1. The number of fused-ring (bicyclic) bond motifs is 1. The summed E-state index contributed by atoms with van der Waals surface area (Å²) >= 11 is 0. The molecule has 0 saturated carbocycles. The summed E-state index contributed by atoms with van der Waals surface area (Å²) in [5.41, 5.74) is 3.09. The molecule has 4 nitrogen and oxygen atoms in total. The van der Waals surface area contributed by atoms with Crippen molar-refractivity contribution in [3.05, 3.63) is 47.5 Å². The number of benzene rings is 1. The first-order valence-corrected chi connectivity index (χ1v) is 6.77.